The van der Waals surface area contributed by atoms with E-state index in [2.05, 4.69) is 16.5 Å². The van der Waals surface area contributed by atoms with Crippen molar-refractivity contribution in [2.45, 2.75) is 6.04 Å². The van der Waals surface area contributed by atoms with E-state index >= 15 is 0 Å². The Kier molecular flexibility index (Phi) is 4.21. The molecule has 3 rings (SSSR count). The smallest absolute Gasteiger partial charge is 0.254 e. The predicted molar refractivity (Wildman–Crippen MR) is 85.9 cm³/mol. The molecule has 8 heteroatoms. The van der Waals surface area contributed by atoms with E-state index in [9.17, 15) is 14.4 Å². The van der Waals surface area contributed by atoms with E-state index in [1.54, 1.807) is 34.8 Å². The molecular formula is C15H14FN5OS. The van der Waals surface area contributed by atoms with Gasteiger partial charge in [-0.05, 0) is 24.3 Å². The molecule has 0 radical (unpaired) electrons. The molecule has 3 N–H and O–H groups in total. The SMILES string of the molecule is N#C[C@@H]1CSC[C@H]1n1cc(C(N)=O)c(Nc2ccc(F)cc2)n1. The number of benzene rings is 1. The third kappa shape index (κ3) is 3.14. The Hall–Kier alpha value is -2.53. The van der Waals surface area contributed by atoms with E-state index < -0.39 is 5.91 Å². The number of nitrogens with one attached hydrogen (secondary N) is 1. The molecule has 0 unspecified atom stereocenters. The van der Waals surface area contributed by atoms with Gasteiger partial charge in [-0.2, -0.15) is 22.1 Å². The first-order valence-electron chi connectivity index (χ1n) is 6.97. The summed E-state index contributed by atoms with van der Waals surface area (Å²) < 4.78 is 14.6. The van der Waals surface area contributed by atoms with Crippen molar-refractivity contribution < 1.29 is 9.18 Å². The highest BCUT2D eigenvalue weighted by Gasteiger charge is 2.31. The van der Waals surface area contributed by atoms with Gasteiger partial charge in [-0.15, -0.1) is 0 Å². The highest BCUT2D eigenvalue weighted by atomic mass is 32.2. The lowest BCUT2D eigenvalue weighted by molar-refractivity contribution is 0.100. The van der Waals surface area contributed by atoms with Crippen LogP contribution in [-0.4, -0.2) is 27.2 Å². The highest BCUT2D eigenvalue weighted by Crippen LogP contribution is 2.34. The van der Waals surface area contributed by atoms with Crippen LogP contribution in [0.15, 0.2) is 30.5 Å². The van der Waals surface area contributed by atoms with Gasteiger partial charge >= 0.3 is 0 Å². The molecule has 1 aliphatic rings. The van der Waals surface area contributed by atoms with Crippen LogP contribution in [0.25, 0.3) is 0 Å². The van der Waals surface area contributed by atoms with Crippen molar-refractivity contribution in [1.82, 2.24) is 9.78 Å². The zero-order valence-corrected chi connectivity index (χ0v) is 12.9. The van der Waals surface area contributed by atoms with Crippen molar-refractivity contribution in [3.05, 3.63) is 41.8 Å². The van der Waals surface area contributed by atoms with Crippen LogP contribution in [-0.2, 0) is 0 Å². The van der Waals surface area contributed by atoms with Gasteiger partial charge in [0.05, 0.1) is 18.0 Å². The fourth-order valence-corrected chi connectivity index (χ4v) is 3.74. The number of hydrogen-bond donors (Lipinski definition) is 2. The zero-order valence-electron chi connectivity index (χ0n) is 12.1. The van der Waals surface area contributed by atoms with Gasteiger partial charge in [0.15, 0.2) is 5.82 Å². The predicted octanol–water partition coefficient (Wildman–Crippen LogP) is 2.29. The van der Waals surface area contributed by atoms with Gasteiger partial charge in [-0.25, -0.2) is 4.39 Å². The topological polar surface area (TPSA) is 96.7 Å². The minimum atomic E-state index is -0.611. The number of nitrogens with two attached hydrogens (primary N) is 1. The molecule has 6 nitrogen and oxygen atoms in total. The highest BCUT2D eigenvalue weighted by molar-refractivity contribution is 7.99. The number of halogens is 1. The minimum Gasteiger partial charge on any atom is -0.365 e. The van der Waals surface area contributed by atoms with Gasteiger partial charge in [0.2, 0.25) is 0 Å². The molecule has 0 aliphatic carbocycles. The number of primary amides is 1. The number of carbonyl (C=O) groups is 1. The summed E-state index contributed by atoms with van der Waals surface area (Å²) >= 11 is 1.68. The fraction of sp³-hybridized carbons (Fsp3) is 0.267. The Balaban J connectivity index is 1.91. The zero-order chi connectivity index (χ0) is 16.4. The molecule has 0 saturated carbocycles. The summed E-state index contributed by atoms with van der Waals surface area (Å²) in [4.78, 5) is 11.6. The molecule has 1 fully saturated rings. The molecule has 2 atom stereocenters. The van der Waals surface area contributed by atoms with Crippen LogP contribution in [0.3, 0.4) is 0 Å². The van der Waals surface area contributed by atoms with Crippen molar-refractivity contribution in [2.75, 3.05) is 16.8 Å². The standard InChI is InChI=1S/C15H14FN5OS/c16-10-1-3-11(4-2-10)19-15-12(14(18)22)6-21(20-15)13-8-23-7-9(13)5-17/h1-4,6,9,13H,7-8H2,(H2,18,22)(H,19,20)/t9-,13-/m1/s1. The number of hydrogen-bond acceptors (Lipinski definition) is 5. The number of amides is 1. The molecule has 0 spiro atoms. The summed E-state index contributed by atoms with van der Waals surface area (Å²) in [6.07, 6.45) is 1.56. The van der Waals surface area contributed by atoms with E-state index in [1.807, 2.05) is 0 Å². The number of thioether (sulfide) groups is 1. The molecule has 118 valence electrons. The van der Waals surface area contributed by atoms with Crippen LogP contribution in [0.5, 0.6) is 0 Å². The number of aromatic nitrogens is 2. The van der Waals surface area contributed by atoms with E-state index in [0.717, 1.165) is 11.5 Å². The fourth-order valence-electron chi connectivity index (χ4n) is 2.43. The van der Waals surface area contributed by atoms with Crippen molar-refractivity contribution in [3.63, 3.8) is 0 Å². The van der Waals surface area contributed by atoms with Crippen LogP contribution in [0, 0.1) is 23.1 Å². The maximum Gasteiger partial charge on any atom is 0.254 e. The molecule has 0 bridgehead atoms. The van der Waals surface area contributed by atoms with E-state index in [-0.39, 0.29) is 23.3 Å². The average molecular weight is 331 g/mol. The van der Waals surface area contributed by atoms with Crippen molar-refractivity contribution in [1.29, 1.82) is 5.26 Å². The second-order valence-electron chi connectivity index (χ2n) is 5.21. The van der Waals surface area contributed by atoms with Crippen molar-refractivity contribution in [3.8, 4) is 6.07 Å². The first-order valence-corrected chi connectivity index (χ1v) is 8.13. The Morgan fingerprint density at radius 1 is 1.43 bits per heavy atom. The van der Waals surface area contributed by atoms with Gasteiger partial charge in [-0.3, -0.25) is 9.48 Å². The molecular weight excluding hydrogens is 317 g/mol. The molecule has 1 amide bonds. The lowest BCUT2D eigenvalue weighted by Crippen LogP contribution is -2.17. The largest absolute Gasteiger partial charge is 0.365 e. The van der Waals surface area contributed by atoms with Crippen LogP contribution in [0.2, 0.25) is 0 Å². The number of nitrogens with zero attached hydrogens (tertiary/aromatic N) is 3. The van der Waals surface area contributed by atoms with E-state index in [0.29, 0.717) is 11.5 Å². The molecule has 23 heavy (non-hydrogen) atoms. The first-order chi connectivity index (χ1) is 11.1. The van der Waals surface area contributed by atoms with Gasteiger partial charge in [-0.1, -0.05) is 0 Å². The average Bonchev–Trinajstić information content (AvgIpc) is 3.15. The van der Waals surface area contributed by atoms with Crippen molar-refractivity contribution in [2.24, 2.45) is 11.7 Å². The number of rotatable bonds is 4. The maximum atomic E-state index is 13.0. The van der Waals surface area contributed by atoms with Crippen LogP contribution in [0.1, 0.15) is 16.4 Å². The second kappa shape index (κ2) is 6.30. The lowest BCUT2D eigenvalue weighted by Gasteiger charge is -2.12. The Morgan fingerprint density at radius 3 is 2.83 bits per heavy atom. The van der Waals surface area contributed by atoms with Gasteiger partial charge < -0.3 is 11.1 Å². The molecule has 2 heterocycles. The number of carbonyl (C=O) groups excluding carboxylic acids is 1. The summed E-state index contributed by atoms with van der Waals surface area (Å²) in [6.45, 7) is 0. The maximum absolute atomic E-state index is 13.0. The monoisotopic (exact) mass is 331 g/mol. The third-order valence-corrected chi connectivity index (χ3v) is 4.83. The lowest BCUT2D eigenvalue weighted by atomic mass is 10.1. The third-order valence-electron chi connectivity index (χ3n) is 3.66. The Bertz CT molecular complexity index is 767. The summed E-state index contributed by atoms with van der Waals surface area (Å²) in [5.74, 6) is 0.690. The molecule has 2 aromatic rings. The summed E-state index contributed by atoms with van der Waals surface area (Å²) in [5.41, 5.74) is 6.24. The van der Waals surface area contributed by atoms with Crippen LogP contribution < -0.4 is 11.1 Å². The summed E-state index contributed by atoms with van der Waals surface area (Å²) in [5, 5.41) is 16.5. The van der Waals surface area contributed by atoms with Gasteiger partial charge in [0, 0.05) is 23.4 Å². The first kappa shape index (κ1) is 15.4. The quantitative estimate of drug-likeness (QED) is 0.896. The minimum absolute atomic E-state index is 0.0909. The normalized spacial score (nSPS) is 20.2. The Labute approximate surface area is 136 Å². The molecule has 1 aromatic carbocycles. The number of nitriles is 1. The number of anilines is 2. The second-order valence-corrected chi connectivity index (χ2v) is 6.28. The van der Waals surface area contributed by atoms with Gasteiger partial charge in [0.25, 0.3) is 5.91 Å². The molecule has 1 saturated heterocycles. The molecule has 1 aromatic heterocycles. The van der Waals surface area contributed by atoms with Gasteiger partial charge in [0.1, 0.15) is 11.4 Å². The summed E-state index contributed by atoms with van der Waals surface area (Å²) in [6, 6.07) is 7.88. The van der Waals surface area contributed by atoms with Crippen LogP contribution >= 0.6 is 11.8 Å². The summed E-state index contributed by atoms with van der Waals surface area (Å²) in [7, 11) is 0. The van der Waals surface area contributed by atoms with E-state index in [4.69, 9.17) is 5.73 Å². The van der Waals surface area contributed by atoms with Crippen molar-refractivity contribution >= 4 is 29.2 Å². The molecule has 1 aliphatic heterocycles. The Morgan fingerprint density at radius 2 is 2.17 bits per heavy atom. The van der Waals surface area contributed by atoms with Crippen LogP contribution in [0.4, 0.5) is 15.9 Å². The van der Waals surface area contributed by atoms with E-state index in [1.165, 1.54) is 12.1 Å².